The maximum atomic E-state index is 12.4. The van der Waals surface area contributed by atoms with Gasteiger partial charge in [0.2, 0.25) is 5.89 Å². The van der Waals surface area contributed by atoms with Crippen LogP contribution >= 0.6 is 0 Å². The Morgan fingerprint density at radius 1 is 1.17 bits per heavy atom. The van der Waals surface area contributed by atoms with Gasteiger partial charge in [-0.3, -0.25) is 4.79 Å². The number of carbonyl (C=O) groups excluding carboxylic acids is 1. The van der Waals surface area contributed by atoms with Crippen LogP contribution in [-0.2, 0) is 6.54 Å². The van der Waals surface area contributed by atoms with Crippen molar-refractivity contribution in [3.05, 3.63) is 48.0 Å². The molecule has 0 radical (unpaired) electrons. The number of hydrogen-bond donors (Lipinski definition) is 1. The zero-order chi connectivity index (χ0) is 15.6. The molecule has 7 nitrogen and oxygen atoms in total. The van der Waals surface area contributed by atoms with E-state index in [0.29, 0.717) is 47.4 Å². The molecule has 23 heavy (non-hydrogen) atoms. The van der Waals surface area contributed by atoms with Crippen LogP contribution in [0.1, 0.15) is 16.2 Å². The molecule has 0 unspecified atom stereocenters. The van der Waals surface area contributed by atoms with Crippen molar-refractivity contribution < 1.29 is 18.7 Å². The molecule has 1 amide bonds. The molecule has 2 aromatic heterocycles. The molecule has 3 heterocycles. The van der Waals surface area contributed by atoms with Crippen molar-refractivity contribution in [3.8, 4) is 11.5 Å². The molecule has 1 N–H and O–H groups in total. The van der Waals surface area contributed by atoms with Gasteiger partial charge in [0, 0.05) is 6.20 Å². The van der Waals surface area contributed by atoms with Crippen LogP contribution in [0.3, 0.4) is 0 Å². The van der Waals surface area contributed by atoms with Crippen LogP contribution in [-0.4, -0.2) is 29.1 Å². The van der Waals surface area contributed by atoms with E-state index in [9.17, 15) is 4.79 Å². The van der Waals surface area contributed by atoms with Gasteiger partial charge in [-0.1, -0.05) is 6.07 Å². The maximum Gasteiger partial charge on any atom is 0.255 e. The van der Waals surface area contributed by atoms with Gasteiger partial charge < -0.3 is 19.2 Å². The first-order valence-corrected chi connectivity index (χ1v) is 7.18. The summed E-state index contributed by atoms with van der Waals surface area (Å²) in [6.45, 7) is 1.07. The van der Waals surface area contributed by atoms with Crippen LogP contribution in [0.2, 0.25) is 0 Å². The molecule has 1 aromatic carbocycles. The largest absolute Gasteiger partial charge is 0.486 e. The van der Waals surface area contributed by atoms with Crippen molar-refractivity contribution in [1.29, 1.82) is 0 Å². The molecule has 0 aliphatic carbocycles. The highest BCUT2D eigenvalue weighted by molar-refractivity contribution is 5.97. The summed E-state index contributed by atoms with van der Waals surface area (Å²) in [5.41, 5.74) is 1.53. The third-order valence-electron chi connectivity index (χ3n) is 3.42. The fourth-order valence-corrected chi connectivity index (χ4v) is 2.39. The van der Waals surface area contributed by atoms with Gasteiger partial charge in [0.25, 0.3) is 5.91 Å². The van der Waals surface area contributed by atoms with Crippen LogP contribution in [0.4, 0.5) is 0 Å². The van der Waals surface area contributed by atoms with Gasteiger partial charge in [0.15, 0.2) is 22.7 Å². The molecule has 7 heteroatoms. The molecular weight excluding hydrogens is 298 g/mol. The number of ether oxygens (including phenoxy) is 2. The fraction of sp³-hybridized carbons (Fsp3) is 0.188. The number of hydrogen-bond acceptors (Lipinski definition) is 6. The van der Waals surface area contributed by atoms with E-state index in [1.807, 2.05) is 0 Å². The van der Waals surface area contributed by atoms with E-state index in [1.165, 1.54) is 0 Å². The summed E-state index contributed by atoms with van der Waals surface area (Å²) in [4.78, 5) is 20.7. The molecule has 4 rings (SSSR count). The second-order valence-electron chi connectivity index (χ2n) is 4.95. The zero-order valence-electron chi connectivity index (χ0n) is 12.1. The molecule has 0 bridgehead atoms. The highest BCUT2D eigenvalue weighted by atomic mass is 16.6. The Morgan fingerprint density at radius 3 is 3.00 bits per heavy atom. The van der Waals surface area contributed by atoms with Gasteiger partial charge in [-0.2, -0.15) is 4.98 Å². The monoisotopic (exact) mass is 311 g/mol. The lowest BCUT2D eigenvalue weighted by Crippen LogP contribution is -2.25. The molecule has 3 aromatic rings. The van der Waals surface area contributed by atoms with E-state index in [-0.39, 0.29) is 12.5 Å². The smallest absolute Gasteiger partial charge is 0.255 e. The minimum atomic E-state index is -0.275. The minimum Gasteiger partial charge on any atom is -0.486 e. The maximum absolute atomic E-state index is 12.4. The normalized spacial score (nSPS) is 13.0. The van der Waals surface area contributed by atoms with Crippen LogP contribution in [0, 0.1) is 0 Å². The third kappa shape index (κ3) is 2.57. The standard InChI is InChI=1S/C16H13N3O4/c20-16(10-3-1-4-11-14(10)22-8-7-21-11)18-9-13-19-15-12(23-13)5-2-6-17-15/h1-6H,7-9H2,(H,18,20). The third-order valence-corrected chi connectivity index (χ3v) is 3.42. The van der Waals surface area contributed by atoms with Crippen LogP contribution < -0.4 is 14.8 Å². The number of nitrogens with zero attached hydrogens (tertiary/aromatic N) is 2. The van der Waals surface area contributed by atoms with Crippen LogP contribution in [0.25, 0.3) is 11.2 Å². The summed E-state index contributed by atoms with van der Waals surface area (Å²) in [6, 6.07) is 8.77. The lowest BCUT2D eigenvalue weighted by Gasteiger charge is -2.20. The van der Waals surface area contributed by atoms with E-state index in [0.717, 1.165) is 0 Å². The second-order valence-corrected chi connectivity index (χ2v) is 4.95. The lowest BCUT2D eigenvalue weighted by atomic mass is 10.1. The minimum absolute atomic E-state index is 0.166. The Kier molecular flexibility index (Phi) is 3.30. The first-order valence-electron chi connectivity index (χ1n) is 7.18. The second kappa shape index (κ2) is 5.60. The van der Waals surface area contributed by atoms with Crippen LogP contribution in [0.5, 0.6) is 11.5 Å². The van der Waals surface area contributed by atoms with Crippen molar-refractivity contribution in [2.24, 2.45) is 0 Å². The molecule has 0 atom stereocenters. The van der Waals surface area contributed by atoms with Crippen molar-refractivity contribution in [2.75, 3.05) is 13.2 Å². The van der Waals surface area contributed by atoms with E-state index < -0.39 is 0 Å². The van der Waals surface area contributed by atoms with Gasteiger partial charge >= 0.3 is 0 Å². The number of rotatable bonds is 3. The molecule has 1 aliphatic rings. The predicted molar refractivity (Wildman–Crippen MR) is 80.4 cm³/mol. The van der Waals surface area contributed by atoms with E-state index in [4.69, 9.17) is 13.9 Å². The average molecular weight is 311 g/mol. The number of pyridine rings is 1. The SMILES string of the molecule is O=C(NCc1nc2ncccc2o1)c1cccc2c1OCCO2. The highest BCUT2D eigenvalue weighted by Gasteiger charge is 2.20. The number of fused-ring (bicyclic) bond motifs is 2. The van der Waals surface area contributed by atoms with Gasteiger partial charge in [-0.25, -0.2) is 4.98 Å². The Labute approximate surface area is 131 Å². The average Bonchev–Trinajstić information content (AvgIpc) is 3.02. The van der Waals surface area contributed by atoms with Gasteiger partial charge in [-0.05, 0) is 24.3 Å². The van der Waals surface area contributed by atoms with E-state index in [1.54, 1.807) is 36.5 Å². The Hall–Kier alpha value is -3.09. The highest BCUT2D eigenvalue weighted by Crippen LogP contribution is 2.33. The van der Waals surface area contributed by atoms with Gasteiger partial charge in [0.1, 0.15) is 13.2 Å². The number of oxazole rings is 1. The van der Waals surface area contributed by atoms with Crippen molar-refractivity contribution in [3.63, 3.8) is 0 Å². The number of para-hydroxylation sites is 1. The van der Waals surface area contributed by atoms with Gasteiger partial charge in [-0.15, -0.1) is 0 Å². The molecule has 0 fully saturated rings. The molecule has 0 saturated heterocycles. The molecule has 0 spiro atoms. The van der Waals surface area contributed by atoms with E-state index >= 15 is 0 Å². The number of nitrogens with one attached hydrogen (secondary N) is 1. The summed E-state index contributed by atoms with van der Waals surface area (Å²) in [5, 5.41) is 2.77. The lowest BCUT2D eigenvalue weighted by molar-refractivity contribution is 0.0936. The number of benzene rings is 1. The van der Waals surface area contributed by atoms with E-state index in [2.05, 4.69) is 15.3 Å². The zero-order valence-corrected chi connectivity index (χ0v) is 12.1. The fourth-order valence-electron chi connectivity index (χ4n) is 2.39. The number of aromatic nitrogens is 2. The van der Waals surface area contributed by atoms with Gasteiger partial charge in [0.05, 0.1) is 12.1 Å². The summed E-state index contributed by atoms with van der Waals surface area (Å²) in [5.74, 6) is 1.17. The Morgan fingerprint density at radius 2 is 2.09 bits per heavy atom. The predicted octanol–water partition coefficient (Wildman–Crippen LogP) is 1.92. The molecule has 116 valence electrons. The Bertz CT molecular complexity index is 842. The summed E-state index contributed by atoms with van der Waals surface area (Å²) >= 11 is 0. The summed E-state index contributed by atoms with van der Waals surface area (Å²) in [7, 11) is 0. The van der Waals surface area contributed by atoms with Crippen molar-refractivity contribution in [1.82, 2.24) is 15.3 Å². The molecule has 0 saturated carbocycles. The van der Waals surface area contributed by atoms with Crippen molar-refractivity contribution >= 4 is 17.1 Å². The van der Waals surface area contributed by atoms with Crippen LogP contribution in [0.15, 0.2) is 40.9 Å². The summed E-state index contributed by atoms with van der Waals surface area (Å²) < 4.78 is 16.5. The first kappa shape index (κ1) is 13.6. The van der Waals surface area contributed by atoms with Crippen molar-refractivity contribution in [2.45, 2.75) is 6.54 Å². The number of amides is 1. The quantitative estimate of drug-likeness (QED) is 0.795. The molecule has 1 aliphatic heterocycles. The summed E-state index contributed by atoms with van der Waals surface area (Å²) in [6.07, 6.45) is 1.64. The molecular formula is C16H13N3O4. The topological polar surface area (TPSA) is 86.5 Å². The number of carbonyl (C=O) groups is 1. The Balaban J connectivity index is 1.52. The first-order chi connectivity index (χ1) is 11.3.